The minimum absolute atomic E-state index is 0.321. The molecule has 1 aliphatic carbocycles. The molecule has 2 heterocycles. The molecule has 2 aliphatic heterocycles. The van der Waals surface area contributed by atoms with E-state index in [-0.39, 0.29) is 0 Å². The lowest BCUT2D eigenvalue weighted by Gasteiger charge is -2.37. The summed E-state index contributed by atoms with van der Waals surface area (Å²) >= 11 is 0. The molecular weight excluding hydrogens is 215 g/mol. The lowest BCUT2D eigenvalue weighted by atomic mass is 9.82. The van der Waals surface area contributed by atoms with Gasteiger partial charge in [-0.15, -0.1) is 0 Å². The zero-order valence-corrected chi connectivity index (χ0v) is 9.72. The van der Waals surface area contributed by atoms with E-state index in [1.54, 1.807) is 0 Å². The van der Waals surface area contributed by atoms with E-state index in [9.17, 15) is 13.2 Å². The molecule has 0 N–H and O–H groups in total. The molecule has 92 valence electrons. The monoisotopic (exact) mass is 233 g/mol. The fourth-order valence-corrected chi connectivity index (χ4v) is 4.21. The average Bonchev–Trinajstić information content (AvgIpc) is 2.41. The Morgan fingerprint density at radius 2 is 2.00 bits per heavy atom. The maximum absolute atomic E-state index is 13.6. The summed E-state index contributed by atoms with van der Waals surface area (Å²) in [6, 6.07) is 0. The van der Waals surface area contributed by atoms with Crippen molar-refractivity contribution < 1.29 is 13.2 Å². The van der Waals surface area contributed by atoms with E-state index >= 15 is 0 Å². The summed E-state index contributed by atoms with van der Waals surface area (Å²) < 4.78 is 40.6. The summed E-state index contributed by atoms with van der Waals surface area (Å²) in [5.41, 5.74) is -0.526. The predicted octanol–water partition coefficient (Wildman–Crippen LogP) is 2.71. The van der Waals surface area contributed by atoms with Gasteiger partial charge < -0.3 is 0 Å². The van der Waals surface area contributed by atoms with Crippen LogP contribution in [0.1, 0.15) is 26.7 Å². The second kappa shape index (κ2) is 2.95. The first-order chi connectivity index (χ1) is 7.38. The fraction of sp³-hybridized carbons (Fsp3) is 1.00. The number of hydrogen-bond donors (Lipinski definition) is 0. The third-order valence-electron chi connectivity index (χ3n) is 4.58. The van der Waals surface area contributed by atoms with Crippen LogP contribution in [0.2, 0.25) is 0 Å². The van der Waals surface area contributed by atoms with Crippen LogP contribution in [0.3, 0.4) is 0 Å². The molecule has 3 rings (SSSR count). The standard InChI is InChI=1S/C12H18F3N/c1-7(2)3-11-4-8(13)5-16(11)6-9-10(11)12(9,14)15/h7-10H,3-6H2,1-2H3/t8?,9?,10?,11-/m1/s1. The highest BCUT2D eigenvalue weighted by atomic mass is 19.3. The highest BCUT2D eigenvalue weighted by molar-refractivity contribution is 5.26. The van der Waals surface area contributed by atoms with Crippen LogP contribution >= 0.6 is 0 Å². The van der Waals surface area contributed by atoms with Crippen molar-refractivity contribution in [2.45, 2.75) is 44.3 Å². The molecule has 0 amide bonds. The van der Waals surface area contributed by atoms with Crippen LogP contribution < -0.4 is 0 Å². The van der Waals surface area contributed by atoms with E-state index in [1.807, 2.05) is 18.7 Å². The van der Waals surface area contributed by atoms with Gasteiger partial charge in [0.2, 0.25) is 0 Å². The molecule has 4 atom stereocenters. The smallest absolute Gasteiger partial charge is 0.257 e. The topological polar surface area (TPSA) is 3.24 Å². The minimum Gasteiger partial charge on any atom is -0.294 e. The molecule has 1 saturated carbocycles. The first-order valence-corrected chi connectivity index (χ1v) is 6.15. The molecule has 2 saturated heterocycles. The summed E-state index contributed by atoms with van der Waals surface area (Å²) in [5.74, 6) is -3.22. The zero-order chi connectivity index (χ0) is 11.7. The Balaban J connectivity index is 1.90. The Hall–Kier alpha value is -0.250. The molecule has 0 bridgehead atoms. The first-order valence-electron chi connectivity index (χ1n) is 6.15. The summed E-state index contributed by atoms with van der Waals surface area (Å²) in [5, 5.41) is 0. The van der Waals surface area contributed by atoms with Crippen LogP contribution in [0, 0.1) is 17.8 Å². The van der Waals surface area contributed by atoms with E-state index in [2.05, 4.69) is 0 Å². The van der Waals surface area contributed by atoms with Gasteiger partial charge in [-0.2, -0.15) is 0 Å². The zero-order valence-electron chi connectivity index (χ0n) is 9.72. The quantitative estimate of drug-likeness (QED) is 0.709. The normalized spacial score (nSPS) is 49.5. The Labute approximate surface area is 94.0 Å². The number of halogens is 3. The van der Waals surface area contributed by atoms with Crippen molar-refractivity contribution >= 4 is 0 Å². The van der Waals surface area contributed by atoms with E-state index < -0.39 is 29.5 Å². The van der Waals surface area contributed by atoms with E-state index in [0.717, 1.165) is 0 Å². The van der Waals surface area contributed by atoms with Gasteiger partial charge in [0.1, 0.15) is 6.17 Å². The molecule has 3 fully saturated rings. The van der Waals surface area contributed by atoms with Gasteiger partial charge in [0.05, 0.1) is 5.92 Å². The molecule has 16 heavy (non-hydrogen) atoms. The van der Waals surface area contributed by atoms with E-state index in [1.165, 1.54) is 0 Å². The number of alkyl halides is 3. The molecule has 4 heteroatoms. The van der Waals surface area contributed by atoms with Crippen LogP contribution in [-0.2, 0) is 0 Å². The van der Waals surface area contributed by atoms with Crippen molar-refractivity contribution in [3.05, 3.63) is 0 Å². The number of nitrogens with zero attached hydrogens (tertiary/aromatic N) is 1. The highest BCUT2D eigenvalue weighted by Crippen LogP contribution is 2.70. The maximum Gasteiger partial charge on any atom is 0.257 e. The van der Waals surface area contributed by atoms with Crippen LogP contribution in [0.4, 0.5) is 13.2 Å². The fourth-order valence-electron chi connectivity index (χ4n) is 4.21. The van der Waals surface area contributed by atoms with E-state index in [4.69, 9.17) is 0 Å². The molecule has 0 spiro atoms. The van der Waals surface area contributed by atoms with Gasteiger partial charge in [-0.1, -0.05) is 13.8 Å². The van der Waals surface area contributed by atoms with Crippen molar-refractivity contribution in [3.63, 3.8) is 0 Å². The highest BCUT2D eigenvalue weighted by Gasteiger charge is 2.81. The summed E-state index contributed by atoms with van der Waals surface area (Å²) in [6.45, 7) is 4.85. The molecule has 0 radical (unpaired) electrons. The van der Waals surface area contributed by atoms with Crippen LogP contribution in [-0.4, -0.2) is 35.6 Å². The number of rotatable bonds is 2. The average molecular weight is 233 g/mol. The Bertz CT molecular complexity index is 317. The first kappa shape index (κ1) is 10.9. The Morgan fingerprint density at radius 1 is 1.31 bits per heavy atom. The summed E-state index contributed by atoms with van der Waals surface area (Å²) in [7, 11) is 0. The molecule has 0 aromatic heterocycles. The molecule has 0 aromatic rings. The minimum atomic E-state index is -2.52. The van der Waals surface area contributed by atoms with Crippen molar-refractivity contribution in [2.24, 2.45) is 17.8 Å². The van der Waals surface area contributed by atoms with Crippen molar-refractivity contribution in [3.8, 4) is 0 Å². The van der Waals surface area contributed by atoms with E-state index in [0.29, 0.717) is 31.8 Å². The SMILES string of the molecule is CC(C)C[C@]12CC(F)CN1CC1C2C1(F)F. The van der Waals surface area contributed by atoms with Crippen LogP contribution in [0.25, 0.3) is 0 Å². The van der Waals surface area contributed by atoms with Gasteiger partial charge in [0.25, 0.3) is 5.92 Å². The van der Waals surface area contributed by atoms with Gasteiger partial charge in [-0.25, -0.2) is 13.2 Å². The Morgan fingerprint density at radius 3 is 2.62 bits per heavy atom. The van der Waals surface area contributed by atoms with Crippen molar-refractivity contribution in [1.82, 2.24) is 4.90 Å². The van der Waals surface area contributed by atoms with Crippen molar-refractivity contribution in [2.75, 3.05) is 13.1 Å². The van der Waals surface area contributed by atoms with Gasteiger partial charge in [0.15, 0.2) is 0 Å². The van der Waals surface area contributed by atoms with Crippen molar-refractivity contribution in [1.29, 1.82) is 0 Å². The third kappa shape index (κ3) is 1.17. The summed E-state index contributed by atoms with van der Waals surface area (Å²) in [4.78, 5) is 2.00. The second-order valence-corrected chi connectivity index (χ2v) is 6.17. The van der Waals surface area contributed by atoms with Gasteiger partial charge in [0, 0.05) is 24.5 Å². The number of hydrogen-bond acceptors (Lipinski definition) is 1. The predicted molar refractivity (Wildman–Crippen MR) is 55.2 cm³/mol. The third-order valence-corrected chi connectivity index (χ3v) is 4.58. The largest absolute Gasteiger partial charge is 0.294 e. The second-order valence-electron chi connectivity index (χ2n) is 6.17. The molecule has 3 aliphatic rings. The van der Waals surface area contributed by atoms with Crippen LogP contribution in [0.15, 0.2) is 0 Å². The van der Waals surface area contributed by atoms with Gasteiger partial charge >= 0.3 is 0 Å². The Kier molecular flexibility index (Phi) is 2.00. The number of fused-ring (bicyclic) bond motifs is 3. The molecule has 3 unspecified atom stereocenters. The van der Waals surface area contributed by atoms with Gasteiger partial charge in [-0.05, 0) is 18.8 Å². The lowest BCUT2D eigenvalue weighted by Crippen LogP contribution is -2.46. The number of piperidine rings is 1. The van der Waals surface area contributed by atoms with Gasteiger partial charge in [-0.3, -0.25) is 4.90 Å². The van der Waals surface area contributed by atoms with Crippen LogP contribution in [0.5, 0.6) is 0 Å². The summed E-state index contributed by atoms with van der Waals surface area (Å²) in [6.07, 6.45) is 0.127. The molecular formula is C12H18F3N. The maximum atomic E-state index is 13.6. The molecule has 0 aromatic carbocycles. The lowest BCUT2D eigenvalue weighted by molar-refractivity contribution is 0.000756. The molecule has 1 nitrogen and oxygen atoms in total.